The van der Waals surface area contributed by atoms with E-state index in [2.05, 4.69) is 70.6 Å². The lowest BCUT2D eigenvalue weighted by atomic mass is 9.96. The van der Waals surface area contributed by atoms with Crippen molar-refractivity contribution in [2.24, 2.45) is 0 Å². The number of rotatable bonds is 7. The van der Waals surface area contributed by atoms with Crippen LogP contribution >= 0.6 is 0 Å². The van der Waals surface area contributed by atoms with Gasteiger partial charge in [0.1, 0.15) is 0 Å². The highest BCUT2D eigenvalue weighted by atomic mass is 16.2. The summed E-state index contributed by atoms with van der Waals surface area (Å²) in [6, 6.07) is 20.9. The second-order valence-electron chi connectivity index (χ2n) is 7.30. The highest BCUT2D eigenvalue weighted by Crippen LogP contribution is 2.19. The fourth-order valence-electron chi connectivity index (χ4n) is 3.77. The lowest BCUT2D eigenvalue weighted by Gasteiger charge is -2.38. The van der Waals surface area contributed by atoms with E-state index in [0.29, 0.717) is 12.5 Å². The largest absolute Gasteiger partial charge is 0.369 e. The Kier molecular flexibility index (Phi) is 6.88. The van der Waals surface area contributed by atoms with Crippen LogP contribution in [0.5, 0.6) is 0 Å². The van der Waals surface area contributed by atoms with Gasteiger partial charge in [-0.3, -0.25) is 9.69 Å². The topological polar surface area (TPSA) is 35.6 Å². The van der Waals surface area contributed by atoms with Gasteiger partial charge >= 0.3 is 0 Å². The standard InChI is InChI=1S/C23H31N3O/c1-3-20(21-10-6-4-7-11-21)18-24-23(27)19(2)25-14-16-26(17-15-25)22-12-8-5-9-13-22/h4-13,19-20H,3,14-18H2,1-2H3,(H,24,27)/t19-,20-/m0/s1. The van der Waals surface area contributed by atoms with Crippen molar-refractivity contribution in [1.29, 1.82) is 0 Å². The molecule has 0 spiro atoms. The highest BCUT2D eigenvalue weighted by molar-refractivity contribution is 5.81. The molecule has 0 aliphatic carbocycles. The molecule has 4 heteroatoms. The van der Waals surface area contributed by atoms with Gasteiger partial charge in [0.15, 0.2) is 0 Å². The molecule has 0 saturated carbocycles. The third-order valence-electron chi connectivity index (χ3n) is 5.65. The fraction of sp³-hybridized carbons (Fsp3) is 0.435. The summed E-state index contributed by atoms with van der Waals surface area (Å²) in [7, 11) is 0. The Morgan fingerprint density at radius 2 is 1.56 bits per heavy atom. The zero-order valence-corrected chi connectivity index (χ0v) is 16.5. The molecule has 1 aliphatic rings. The van der Waals surface area contributed by atoms with Crippen molar-refractivity contribution in [1.82, 2.24) is 10.2 Å². The first-order chi connectivity index (χ1) is 13.2. The van der Waals surface area contributed by atoms with Crippen LogP contribution in [-0.2, 0) is 4.79 Å². The van der Waals surface area contributed by atoms with Crippen LogP contribution in [0.15, 0.2) is 60.7 Å². The Labute approximate surface area is 163 Å². The fourth-order valence-corrected chi connectivity index (χ4v) is 3.77. The van der Waals surface area contributed by atoms with Gasteiger partial charge in [-0.2, -0.15) is 0 Å². The minimum absolute atomic E-state index is 0.0868. The molecule has 1 fully saturated rings. The minimum atomic E-state index is -0.0868. The smallest absolute Gasteiger partial charge is 0.237 e. The third kappa shape index (κ3) is 5.10. The molecular formula is C23H31N3O. The Hall–Kier alpha value is -2.33. The van der Waals surface area contributed by atoms with Crippen molar-refractivity contribution in [3.05, 3.63) is 66.2 Å². The van der Waals surface area contributed by atoms with E-state index in [4.69, 9.17) is 0 Å². The van der Waals surface area contributed by atoms with Gasteiger partial charge in [-0.15, -0.1) is 0 Å². The summed E-state index contributed by atoms with van der Waals surface area (Å²) in [5.41, 5.74) is 2.56. The number of carbonyl (C=O) groups is 1. The lowest BCUT2D eigenvalue weighted by Crippen LogP contribution is -2.54. The number of nitrogens with zero attached hydrogens (tertiary/aromatic N) is 2. The van der Waals surface area contributed by atoms with Gasteiger partial charge in [0.2, 0.25) is 5.91 Å². The van der Waals surface area contributed by atoms with Crippen LogP contribution in [0, 0.1) is 0 Å². The molecule has 1 N–H and O–H groups in total. The number of benzene rings is 2. The number of amides is 1. The van der Waals surface area contributed by atoms with Crippen molar-refractivity contribution >= 4 is 11.6 Å². The van der Waals surface area contributed by atoms with E-state index >= 15 is 0 Å². The van der Waals surface area contributed by atoms with Crippen LogP contribution in [0.2, 0.25) is 0 Å². The van der Waals surface area contributed by atoms with Crippen LogP contribution in [-0.4, -0.2) is 49.6 Å². The predicted molar refractivity (Wildman–Crippen MR) is 112 cm³/mol. The van der Waals surface area contributed by atoms with Crippen LogP contribution < -0.4 is 10.2 Å². The van der Waals surface area contributed by atoms with Gasteiger partial charge in [-0.1, -0.05) is 55.5 Å². The first-order valence-electron chi connectivity index (χ1n) is 10.1. The van der Waals surface area contributed by atoms with Crippen molar-refractivity contribution in [2.75, 3.05) is 37.6 Å². The van der Waals surface area contributed by atoms with Crippen molar-refractivity contribution in [2.45, 2.75) is 32.2 Å². The van der Waals surface area contributed by atoms with Gasteiger partial charge in [-0.25, -0.2) is 0 Å². The molecule has 1 amide bonds. The Morgan fingerprint density at radius 1 is 0.963 bits per heavy atom. The molecule has 0 radical (unpaired) electrons. The number of para-hydroxylation sites is 1. The van der Waals surface area contributed by atoms with E-state index in [9.17, 15) is 4.79 Å². The molecule has 3 rings (SSSR count). The van der Waals surface area contributed by atoms with E-state index in [-0.39, 0.29) is 11.9 Å². The molecule has 0 aromatic heterocycles. The monoisotopic (exact) mass is 365 g/mol. The summed E-state index contributed by atoms with van der Waals surface area (Å²) in [5.74, 6) is 0.509. The molecule has 2 atom stereocenters. The number of carbonyl (C=O) groups excluding carboxylic acids is 1. The Morgan fingerprint density at radius 3 is 2.15 bits per heavy atom. The van der Waals surface area contributed by atoms with Crippen molar-refractivity contribution in [3.8, 4) is 0 Å². The van der Waals surface area contributed by atoms with E-state index in [1.807, 2.05) is 19.1 Å². The molecule has 2 aromatic carbocycles. The average molecular weight is 366 g/mol. The summed E-state index contributed by atoms with van der Waals surface area (Å²) in [6.45, 7) is 8.66. The van der Waals surface area contributed by atoms with Gasteiger partial charge in [0, 0.05) is 44.3 Å². The SMILES string of the molecule is CC[C@@H](CNC(=O)[C@H](C)N1CCN(c2ccccc2)CC1)c1ccccc1. The third-order valence-corrected chi connectivity index (χ3v) is 5.65. The highest BCUT2D eigenvalue weighted by Gasteiger charge is 2.26. The first kappa shape index (κ1) is 19.4. The summed E-state index contributed by atoms with van der Waals surface area (Å²) < 4.78 is 0. The zero-order valence-electron chi connectivity index (χ0n) is 16.5. The van der Waals surface area contributed by atoms with E-state index < -0.39 is 0 Å². The normalized spacial score (nSPS) is 17.3. The summed E-state index contributed by atoms with van der Waals surface area (Å²) in [6.07, 6.45) is 1.02. The summed E-state index contributed by atoms with van der Waals surface area (Å²) >= 11 is 0. The van der Waals surface area contributed by atoms with Crippen LogP contribution in [0.25, 0.3) is 0 Å². The maximum absolute atomic E-state index is 12.7. The van der Waals surface area contributed by atoms with Gasteiger partial charge in [0.05, 0.1) is 6.04 Å². The molecule has 27 heavy (non-hydrogen) atoms. The first-order valence-corrected chi connectivity index (χ1v) is 10.1. The molecule has 1 heterocycles. The second kappa shape index (κ2) is 9.56. The maximum atomic E-state index is 12.7. The quantitative estimate of drug-likeness (QED) is 0.816. The number of piperazine rings is 1. The lowest BCUT2D eigenvalue weighted by molar-refractivity contribution is -0.126. The van der Waals surface area contributed by atoms with E-state index in [0.717, 1.165) is 32.6 Å². The molecule has 144 valence electrons. The van der Waals surface area contributed by atoms with Crippen LogP contribution in [0.4, 0.5) is 5.69 Å². The van der Waals surface area contributed by atoms with Gasteiger partial charge < -0.3 is 10.2 Å². The van der Waals surface area contributed by atoms with Gasteiger partial charge in [-0.05, 0) is 31.0 Å². The van der Waals surface area contributed by atoms with Crippen molar-refractivity contribution < 1.29 is 4.79 Å². The molecule has 0 unspecified atom stereocenters. The number of nitrogens with one attached hydrogen (secondary N) is 1. The summed E-state index contributed by atoms with van der Waals surface area (Å²) in [5, 5.41) is 3.18. The maximum Gasteiger partial charge on any atom is 0.237 e. The average Bonchev–Trinajstić information content (AvgIpc) is 2.75. The van der Waals surface area contributed by atoms with Gasteiger partial charge in [0.25, 0.3) is 0 Å². The Balaban J connectivity index is 1.48. The molecular weight excluding hydrogens is 334 g/mol. The van der Waals surface area contributed by atoms with Crippen LogP contribution in [0.3, 0.4) is 0 Å². The molecule has 0 bridgehead atoms. The molecule has 4 nitrogen and oxygen atoms in total. The van der Waals surface area contributed by atoms with Crippen LogP contribution in [0.1, 0.15) is 31.7 Å². The molecule has 1 aliphatic heterocycles. The number of hydrogen-bond acceptors (Lipinski definition) is 3. The zero-order chi connectivity index (χ0) is 19.1. The molecule has 2 aromatic rings. The molecule has 1 saturated heterocycles. The number of anilines is 1. The Bertz CT molecular complexity index is 696. The summed E-state index contributed by atoms with van der Waals surface area (Å²) in [4.78, 5) is 17.4. The number of hydrogen-bond donors (Lipinski definition) is 1. The predicted octanol–water partition coefficient (Wildman–Crippen LogP) is 3.51. The van der Waals surface area contributed by atoms with E-state index in [1.54, 1.807) is 0 Å². The van der Waals surface area contributed by atoms with Crippen molar-refractivity contribution in [3.63, 3.8) is 0 Å². The minimum Gasteiger partial charge on any atom is -0.369 e. The second-order valence-corrected chi connectivity index (χ2v) is 7.30. The van der Waals surface area contributed by atoms with E-state index in [1.165, 1.54) is 11.3 Å².